The molecule has 0 amide bonds. The number of aromatic nitrogens is 1. The number of nitrogens with zero attached hydrogens (tertiary/aromatic N) is 1. The Balaban J connectivity index is 2.66. The van der Waals surface area contributed by atoms with Crippen LogP contribution in [0.25, 0.3) is 16.7 Å². The molecular weight excluding hydrogens is 193 g/mol. The zero-order valence-corrected chi connectivity index (χ0v) is 8.02. The first-order valence-electron chi connectivity index (χ1n) is 4.63. The van der Waals surface area contributed by atoms with Crippen molar-refractivity contribution >= 4 is 16.7 Å². The highest BCUT2D eigenvalue weighted by molar-refractivity contribution is 5.89. The van der Waals surface area contributed by atoms with Crippen LogP contribution in [0.3, 0.4) is 0 Å². The average Bonchev–Trinajstić information content (AvgIpc) is 2.28. The van der Waals surface area contributed by atoms with E-state index >= 15 is 0 Å². The summed E-state index contributed by atoms with van der Waals surface area (Å²) in [6.07, 6.45) is 2.70. The van der Waals surface area contributed by atoms with Crippen LogP contribution in [-0.4, -0.2) is 16.7 Å². The van der Waals surface area contributed by atoms with E-state index in [-0.39, 0.29) is 6.61 Å². The van der Waals surface area contributed by atoms with Gasteiger partial charge in [0.2, 0.25) is 0 Å². The number of hydrogen-bond donors (Lipinski definition) is 1. The van der Waals surface area contributed by atoms with Gasteiger partial charge in [-0.3, -0.25) is 4.98 Å². The van der Waals surface area contributed by atoms with Gasteiger partial charge in [-0.2, -0.15) is 0 Å². The summed E-state index contributed by atoms with van der Waals surface area (Å²) in [6.45, 7) is -0.303. The van der Waals surface area contributed by atoms with E-state index in [4.69, 9.17) is 5.11 Å². The van der Waals surface area contributed by atoms with Crippen LogP contribution in [0.4, 0.5) is 4.39 Å². The Bertz CT molecular complexity index is 502. The minimum atomic E-state index is -0.420. The molecule has 15 heavy (non-hydrogen) atoms. The van der Waals surface area contributed by atoms with Gasteiger partial charge in [-0.05, 0) is 18.2 Å². The second-order valence-corrected chi connectivity index (χ2v) is 3.11. The van der Waals surface area contributed by atoms with Crippen LogP contribution in [0.15, 0.2) is 42.6 Å². The van der Waals surface area contributed by atoms with Gasteiger partial charge >= 0.3 is 0 Å². The lowest BCUT2D eigenvalue weighted by Crippen LogP contribution is -1.86. The van der Waals surface area contributed by atoms with Crippen LogP contribution >= 0.6 is 0 Å². The monoisotopic (exact) mass is 203 g/mol. The Morgan fingerprint density at radius 2 is 2.13 bits per heavy atom. The number of pyridine rings is 1. The third-order valence-corrected chi connectivity index (χ3v) is 2.18. The fourth-order valence-corrected chi connectivity index (χ4v) is 1.49. The van der Waals surface area contributed by atoms with Crippen LogP contribution in [-0.2, 0) is 0 Å². The Kier molecular flexibility index (Phi) is 2.74. The highest BCUT2D eigenvalue weighted by atomic mass is 19.1. The smallest absolute Gasteiger partial charge is 0.129 e. The summed E-state index contributed by atoms with van der Waals surface area (Å²) >= 11 is 0. The normalized spacial score (nSPS) is 12.0. The Labute approximate surface area is 86.7 Å². The summed E-state index contributed by atoms with van der Waals surface area (Å²) in [5.74, 6) is -0.420. The van der Waals surface area contributed by atoms with Crippen LogP contribution in [0.1, 0.15) is 5.56 Å². The van der Waals surface area contributed by atoms with Gasteiger partial charge in [-0.25, -0.2) is 4.39 Å². The molecule has 0 aliphatic heterocycles. The molecule has 2 aromatic rings. The van der Waals surface area contributed by atoms with Gasteiger partial charge in [0.05, 0.1) is 12.1 Å². The van der Waals surface area contributed by atoms with E-state index in [0.717, 1.165) is 17.0 Å². The molecule has 1 aromatic heterocycles. The summed E-state index contributed by atoms with van der Waals surface area (Å²) in [7, 11) is 0. The summed E-state index contributed by atoms with van der Waals surface area (Å²) < 4.78 is 13.5. The number of fused-ring (bicyclic) bond motifs is 1. The Morgan fingerprint density at radius 1 is 1.33 bits per heavy atom. The Morgan fingerprint density at radius 3 is 2.93 bits per heavy atom. The van der Waals surface area contributed by atoms with Gasteiger partial charge in [0.15, 0.2) is 0 Å². The number of hydrogen-bond acceptors (Lipinski definition) is 2. The maximum atomic E-state index is 13.5. The fourth-order valence-electron chi connectivity index (χ4n) is 1.49. The van der Waals surface area contributed by atoms with E-state index in [2.05, 4.69) is 4.98 Å². The van der Waals surface area contributed by atoms with Gasteiger partial charge in [0.1, 0.15) is 5.83 Å². The van der Waals surface area contributed by atoms with E-state index < -0.39 is 5.83 Å². The molecule has 0 radical (unpaired) electrons. The quantitative estimate of drug-likeness (QED) is 0.813. The summed E-state index contributed by atoms with van der Waals surface area (Å²) in [5.41, 5.74) is 1.21. The molecule has 0 fully saturated rings. The third kappa shape index (κ3) is 1.87. The molecule has 0 saturated heterocycles. The lowest BCUT2D eigenvalue weighted by Gasteiger charge is -2.02. The molecular formula is C12H10FNO. The van der Waals surface area contributed by atoms with Crippen molar-refractivity contribution in [2.75, 3.05) is 6.61 Å². The molecule has 2 nitrogen and oxygen atoms in total. The zero-order chi connectivity index (χ0) is 10.7. The third-order valence-electron chi connectivity index (χ3n) is 2.18. The van der Waals surface area contributed by atoms with E-state index in [1.165, 1.54) is 0 Å². The average molecular weight is 203 g/mol. The van der Waals surface area contributed by atoms with Crippen molar-refractivity contribution in [3.05, 3.63) is 48.2 Å². The number of halogens is 1. The summed E-state index contributed by atoms with van der Waals surface area (Å²) in [6, 6.07) is 8.92. The van der Waals surface area contributed by atoms with Crippen LogP contribution in [0.2, 0.25) is 0 Å². The Hall–Kier alpha value is -1.74. The van der Waals surface area contributed by atoms with Gasteiger partial charge in [-0.1, -0.05) is 18.2 Å². The summed E-state index contributed by atoms with van der Waals surface area (Å²) in [5, 5.41) is 9.39. The second kappa shape index (κ2) is 4.19. The first kappa shape index (κ1) is 9.80. The minimum Gasteiger partial charge on any atom is -0.392 e. The van der Waals surface area contributed by atoms with Crippen molar-refractivity contribution in [2.45, 2.75) is 0 Å². The first-order chi connectivity index (χ1) is 7.33. The number of para-hydroxylation sites is 1. The van der Waals surface area contributed by atoms with Crippen LogP contribution in [0, 0.1) is 0 Å². The molecule has 76 valence electrons. The molecule has 0 saturated carbocycles. The van der Waals surface area contributed by atoms with E-state index in [9.17, 15) is 4.39 Å². The maximum Gasteiger partial charge on any atom is 0.129 e. The van der Waals surface area contributed by atoms with Crippen molar-refractivity contribution in [3.8, 4) is 0 Å². The zero-order valence-electron chi connectivity index (χ0n) is 8.02. The molecule has 0 aliphatic carbocycles. The first-order valence-corrected chi connectivity index (χ1v) is 4.63. The highest BCUT2D eigenvalue weighted by Gasteiger charge is 2.05. The number of rotatable bonds is 2. The predicted octanol–water partition coefficient (Wildman–Crippen LogP) is 2.54. The largest absolute Gasteiger partial charge is 0.392 e. The van der Waals surface area contributed by atoms with Crippen molar-refractivity contribution in [1.82, 2.24) is 4.98 Å². The number of aliphatic hydroxyl groups is 1. The van der Waals surface area contributed by atoms with Gasteiger partial charge in [0, 0.05) is 17.1 Å². The molecule has 1 heterocycles. The van der Waals surface area contributed by atoms with Gasteiger partial charge in [0.25, 0.3) is 0 Å². The van der Waals surface area contributed by atoms with Crippen LogP contribution in [0.5, 0.6) is 0 Å². The predicted molar refractivity (Wildman–Crippen MR) is 57.9 cm³/mol. The molecule has 1 aromatic carbocycles. The SMILES string of the molecule is OC/C=C(/F)c1ccnc2ccccc12. The van der Waals surface area contributed by atoms with E-state index in [1.807, 2.05) is 24.3 Å². The molecule has 0 aliphatic rings. The van der Waals surface area contributed by atoms with Crippen molar-refractivity contribution in [1.29, 1.82) is 0 Å². The molecule has 0 spiro atoms. The lowest BCUT2D eigenvalue weighted by atomic mass is 10.1. The van der Waals surface area contributed by atoms with E-state index in [1.54, 1.807) is 12.3 Å². The van der Waals surface area contributed by atoms with Crippen LogP contribution < -0.4 is 0 Å². The van der Waals surface area contributed by atoms with Crippen molar-refractivity contribution < 1.29 is 9.50 Å². The minimum absolute atomic E-state index is 0.303. The molecule has 3 heteroatoms. The lowest BCUT2D eigenvalue weighted by molar-refractivity contribution is 0.342. The van der Waals surface area contributed by atoms with Gasteiger partial charge in [-0.15, -0.1) is 0 Å². The molecule has 0 unspecified atom stereocenters. The maximum absolute atomic E-state index is 13.5. The van der Waals surface area contributed by atoms with E-state index in [0.29, 0.717) is 5.56 Å². The number of benzene rings is 1. The van der Waals surface area contributed by atoms with Crippen molar-refractivity contribution in [3.63, 3.8) is 0 Å². The standard InChI is InChI=1S/C12H10FNO/c13-11(6-8-15)9-5-7-14-12-4-2-1-3-10(9)12/h1-7,15H,8H2/b11-6+. The fraction of sp³-hybridized carbons (Fsp3) is 0.0833. The van der Waals surface area contributed by atoms with Gasteiger partial charge < -0.3 is 5.11 Å². The van der Waals surface area contributed by atoms with Crippen molar-refractivity contribution in [2.24, 2.45) is 0 Å². The second-order valence-electron chi connectivity index (χ2n) is 3.11. The summed E-state index contributed by atoms with van der Waals surface area (Å²) in [4.78, 5) is 4.13. The molecule has 2 rings (SSSR count). The molecule has 1 N–H and O–H groups in total. The highest BCUT2D eigenvalue weighted by Crippen LogP contribution is 2.23. The number of aliphatic hydroxyl groups excluding tert-OH is 1. The topological polar surface area (TPSA) is 33.1 Å². The molecule has 0 bridgehead atoms. The molecule has 0 atom stereocenters.